The highest BCUT2D eigenvalue weighted by atomic mass is 16.7. The molecule has 1 N–H and O–H groups in total. The second kappa shape index (κ2) is 18.9. The Labute approximate surface area is 364 Å². The topological polar surface area (TPSA) is 189 Å². The molecule has 0 aliphatic carbocycles. The van der Waals surface area contributed by atoms with Crippen molar-refractivity contribution in [2.45, 2.75) is 141 Å². The third-order valence-corrected chi connectivity index (χ3v) is 13.6. The molecule has 7 heterocycles. The maximum atomic E-state index is 14.6. The van der Waals surface area contributed by atoms with E-state index in [1.807, 2.05) is 71.8 Å². The van der Waals surface area contributed by atoms with Crippen LogP contribution in [0, 0.1) is 23.7 Å². The van der Waals surface area contributed by atoms with Gasteiger partial charge in [-0.15, -0.1) is 0 Å². The van der Waals surface area contributed by atoms with Crippen LogP contribution in [-0.2, 0) is 44.7 Å². The smallest absolute Gasteiger partial charge is 0.410 e. The predicted molar refractivity (Wildman–Crippen MR) is 228 cm³/mol. The van der Waals surface area contributed by atoms with Gasteiger partial charge in [0.1, 0.15) is 23.6 Å². The van der Waals surface area contributed by atoms with Crippen molar-refractivity contribution < 1.29 is 48.0 Å². The summed E-state index contributed by atoms with van der Waals surface area (Å²) in [7, 11) is 3.87. The first-order valence-electron chi connectivity index (χ1n) is 22.1. The van der Waals surface area contributed by atoms with Crippen molar-refractivity contribution in [1.29, 1.82) is 0 Å². The van der Waals surface area contributed by atoms with Crippen molar-refractivity contribution >= 4 is 23.5 Å². The first kappa shape index (κ1) is 45.9. The first-order valence-corrected chi connectivity index (χ1v) is 22.1. The Morgan fingerprint density at radius 2 is 1.84 bits per heavy atom. The summed E-state index contributed by atoms with van der Waals surface area (Å²) in [6.07, 6.45) is 1.30. The van der Waals surface area contributed by atoms with E-state index >= 15 is 0 Å². The largest absolute Gasteiger partial charge is 0.458 e. The number of rotatable bonds is 8. The number of pyridine rings is 1. The number of hydrogen-bond acceptors (Lipinski definition) is 16. The van der Waals surface area contributed by atoms with E-state index in [1.165, 1.54) is 0 Å². The average molecular weight is 864 g/mol. The molecule has 5 aliphatic rings. The fourth-order valence-electron chi connectivity index (χ4n) is 10.5. The van der Waals surface area contributed by atoms with Crippen LogP contribution >= 0.6 is 0 Å². The molecular weight excluding hydrogens is 799 g/mol. The lowest BCUT2D eigenvalue weighted by Gasteiger charge is -2.48. The van der Waals surface area contributed by atoms with Crippen LogP contribution in [0.25, 0.3) is 11.4 Å². The lowest BCUT2D eigenvalue weighted by atomic mass is 9.72. The highest BCUT2D eigenvalue weighted by molar-refractivity contribution is 5.91. The normalized spacial score (nSPS) is 38.9. The molecule has 7 rings (SSSR count). The molecule has 0 unspecified atom stereocenters. The predicted octanol–water partition coefficient (Wildman–Crippen LogP) is 4.70. The number of aliphatic imine (C=N–C) groups is 1. The number of aliphatic hydroxyl groups excluding tert-OH is 1. The molecule has 4 saturated heterocycles. The Hall–Kier alpha value is -4.13. The Balaban J connectivity index is 1.28. The van der Waals surface area contributed by atoms with Gasteiger partial charge >= 0.3 is 12.1 Å². The molecule has 0 radical (unpaired) electrons. The third kappa shape index (κ3) is 9.25. The number of oxime groups is 1. The molecular formula is C45H65N7O10. The number of hydrogen-bond donors (Lipinski definition) is 1. The molecule has 4 bridgehead atoms. The minimum atomic E-state index is -1.15. The van der Waals surface area contributed by atoms with Gasteiger partial charge in [-0.25, -0.2) is 9.78 Å². The number of fused-ring (bicyclic) bond motifs is 4. The van der Waals surface area contributed by atoms with Crippen LogP contribution in [0.5, 0.6) is 0 Å². The van der Waals surface area contributed by atoms with Gasteiger partial charge in [-0.05, 0) is 79.1 Å². The van der Waals surface area contributed by atoms with Crippen LogP contribution in [0.4, 0.5) is 4.79 Å². The summed E-state index contributed by atoms with van der Waals surface area (Å²) < 4.78 is 39.9. The molecule has 17 nitrogen and oxygen atoms in total. The standard InChI is InChI=1S/C45H65N7O10/c1-11-35-45(8)39-27(4)36(48-17-18-52(39)43(55)62-45)25(2)20-44(7)40(61-42-37(53)34(51(9)10)19-26(3)59-42)28(5)38(29(6)41(54)60-35)56-22-31(23-57-44)50-58-24-30-13-12-14-32(49-30)33-21-46-15-16-47-33/h12-16,21,25-29,34-35,37-40,42,53H,11,17-20,22-24H2,1-10H3/t25-,26+,27+,28+,29+,34-,35-,37+,38+,39-,40-,42-,44-,45-/m1/s1. The second-order valence-corrected chi connectivity index (χ2v) is 18.4. The zero-order chi connectivity index (χ0) is 44.5. The van der Waals surface area contributed by atoms with Gasteiger partial charge in [0.15, 0.2) is 18.5 Å². The molecule has 1 amide bonds. The van der Waals surface area contributed by atoms with Gasteiger partial charge in [0.25, 0.3) is 0 Å². The number of esters is 1. The number of aromatic nitrogens is 3. The molecule has 5 aliphatic heterocycles. The molecule has 2 aromatic heterocycles. The molecule has 17 heteroatoms. The summed E-state index contributed by atoms with van der Waals surface area (Å²) in [6, 6.07) is 4.89. The summed E-state index contributed by atoms with van der Waals surface area (Å²) in [5, 5.41) is 16.3. The third-order valence-electron chi connectivity index (χ3n) is 13.6. The average Bonchev–Trinajstić information content (AvgIpc) is 3.39. The number of carbonyl (C=O) groups excluding carboxylic acids is 2. The fraction of sp³-hybridized carbons (Fsp3) is 0.711. The van der Waals surface area contributed by atoms with Gasteiger partial charge in [-0.2, -0.15) is 0 Å². The molecule has 2 aromatic rings. The monoisotopic (exact) mass is 863 g/mol. The number of aliphatic hydroxyl groups is 1. The van der Waals surface area contributed by atoms with Crippen LogP contribution in [-0.4, -0.2) is 154 Å². The van der Waals surface area contributed by atoms with Gasteiger partial charge in [0.05, 0.1) is 73.2 Å². The molecule has 0 spiro atoms. The van der Waals surface area contributed by atoms with E-state index < -0.39 is 71.8 Å². The summed E-state index contributed by atoms with van der Waals surface area (Å²) in [5.74, 6) is -2.33. The van der Waals surface area contributed by atoms with Crippen LogP contribution in [0.3, 0.4) is 0 Å². The van der Waals surface area contributed by atoms with Crippen LogP contribution < -0.4 is 0 Å². The van der Waals surface area contributed by atoms with Gasteiger partial charge in [0, 0.05) is 42.5 Å². The molecule has 0 aromatic carbocycles. The first-order chi connectivity index (χ1) is 29.5. The highest BCUT2D eigenvalue weighted by Gasteiger charge is 2.60. The van der Waals surface area contributed by atoms with E-state index in [9.17, 15) is 14.7 Å². The maximum absolute atomic E-state index is 14.6. The summed E-state index contributed by atoms with van der Waals surface area (Å²) in [4.78, 5) is 56.2. The molecule has 4 fully saturated rings. The van der Waals surface area contributed by atoms with Crippen LogP contribution in [0.15, 0.2) is 46.9 Å². The number of likely N-dealkylation sites (N-methyl/N-ethyl adjacent to an activating group) is 1. The van der Waals surface area contributed by atoms with Gasteiger partial charge in [-0.1, -0.05) is 38.9 Å². The Kier molecular flexibility index (Phi) is 14.0. The second-order valence-electron chi connectivity index (χ2n) is 18.4. The Bertz CT molecular complexity index is 1960. The van der Waals surface area contributed by atoms with E-state index in [2.05, 4.69) is 29.0 Å². The van der Waals surface area contributed by atoms with Gasteiger partial charge in [-0.3, -0.25) is 24.7 Å². The number of nitrogens with zero attached hydrogens (tertiary/aromatic N) is 7. The number of cyclic esters (lactones) is 1. The minimum Gasteiger partial charge on any atom is -0.458 e. The summed E-state index contributed by atoms with van der Waals surface area (Å²) in [6.45, 7) is 16.5. The molecule has 14 atom stereocenters. The van der Waals surface area contributed by atoms with E-state index in [1.54, 1.807) is 30.4 Å². The lowest BCUT2D eigenvalue weighted by molar-refractivity contribution is -0.302. The zero-order valence-corrected chi connectivity index (χ0v) is 37.8. The molecule has 340 valence electrons. The molecule has 0 saturated carbocycles. The van der Waals surface area contributed by atoms with Crippen molar-refractivity contribution in [2.24, 2.45) is 33.8 Å². The van der Waals surface area contributed by atoms with Gasteiger partial charge < -0.3 is 43.3 Å². The van der Waals surface area contributed by atoms with E-state index in [4.69, 9.17) is 43.2 Å². The van der Waals surface area contributed by atoms with Gasteiger partial charge in [0.2, 0.25) is 0 Å². The maximum Gasteiger partial charge on any atom is 0.410 e. The minimum absolute atomic E-state index is 0.00399. The summed E-state index contributed by atoms with van der Waals surface area (Å²) >= 11 is 0. The van der Waals surface area contributed by atoms with Crippen LogP contribution in [0.1, 0.15) is 80.3 Å². The number of carbonyl (C=O) groups is 2. The van der Waals surface area contributed by atoms with Crippen molar-refractivity contribution in [2.75, 3.05) is 40.4 Å². The quantitative estimate of drug-likeness (QED) is 0.284. The van der Waals surface area contributed by atoms with Crippen molar-refractivity contribution in [1.82, 2.24) is 24.8 Å². The van der Waals surface area contributed by atoms with Crippen molar-refractivity contribution in [3.8, 4) is 11.4 Å². The number of amides is 1. The van der Waals surface area contributed by atoms with E-state index in [0.29, 0.717) is 55.1 Å². The SMILES string of the molecule is CC[C@H]1OC(=O)[C@@H](C)[C@H]2OCC(=NOCc3cccc(-c4cnccn4)n3)CO[C@](C)(C[C@@H](C)C3=NCCN4C(=O)O[C@@]1(C)[C@H]4[C@H]3C)[C@H](O[C@H]1O[C@@H](C)C[C@@H](N(C)C)[C@@H]1O)[C@H]2C. The fourth-order valence-corrected chi connectivity index (χ4v) is 10.5. The molecule has 62 heavy (non-hydrogen) atoms. The highest BCUT2D eigenvalue weighted by Crippen LogP contribution is 2.45. The summed E-state index contributed by atoms with van der Waals surface area (Å²) in [5.41, 5.74) is 1.00. The van der Waals surface area contributed by atoms with E-state index in [-0.39, 0.29) is 43.8 Å². The number of ether oxygens (including phenoxy) is 6. The Morgan fingerprint density at radius 3 is 2.56 bits per heavy atom. The Morgan fingerprint density at radius 1 is 1.05 bits per heavy atom. The van der Waals surface area contributed by atoms with E-state index in [0.717, 1.165) is 5.71 Å². The van der Waals surface area contributed by atoms with Crippen LogP contribution in [0.2, 0.25) is 0 Å². The lowest BCUT2D eigenvalue weighted by Crippen LogP contribution is -2.60. The van der Waals surface area contributed by atoms with Crippen molar-refractivity contribution in [3.05, 3.63) is 42.5 Å². The van der Waals surface area contributed by atoms with Crippen molar-refractivity contribution in [3.63, 3.8) is 0 Å². The zero-order valence-electron chi connectivity index (χ0n) is 37.8.